The van der Waals surface area contributed by atoms with Crippen molar-refractivity contribution in [1.29, 1.82) is 0 Å². The Morgan fingerprint density at radius 2 is 2.20 bits per heavy atom. The normalized spacial score (nSPS) is 17.0. The standard InChI is InChI=1S/C15H17N3OS/c19-14(12-10-16-7-8-17-12)18-11-15(5-1-2-6-15)13-4-3-9-20-13/h3-4,7-10H,1-2,5-6,11H2,(H,18,19). The second-order valence-corrected chi connectivity index (χ2v) is 6.19. The molecule has 1 saturated carbocycles. The summed E-state index contributed by atoms with van der Waals surface area (Å²) in [6.45, 7) is 0.683. The molecule has 0 radical (unpaired) electrons. The Hall–Kier alpha value is -1.75. The van der Waals surface area contributed by atoms with Gasteiger partial charge in [0.15, 0.2) is 0 Å². The van der Waals surface area contributed by atoms with E-state index < -0.39 is 0 Å². The quantitative estimate of drug-likeness (QED) is 0.940. The van der Waals surface area contributed by atoms with E-state index >= 15 is 0 Å². The number of hydrogen-bond donors (Lipinski definition) is 1. The van der Waals surface area contributed by atoms with E-state index in [0.29, 0.717) is 12.2 Å². The Morgan fingerprint density at radius 3 is 2.85 bits per heavy atom. The average Bonchev–Trinajstić information content (AvgIpc) is 3.17. The van der Waals surface area contributed by atoms with E-state index in [0.717, 1.165) is 12.8 Å². The molecule has 104 valence electrons. The van der Waals surface area contributed by atoms with Crippen molar-refractivity contribution in [2.24, 2.45) is 0 Å². The van der Waals surface area contributed by atoms with Crippen LogP contribution in [0.2, 0.25) is 0 Å². The van der Waals surface area contributed by atoms with Crippen LogP contribution < -0.4 is 5.32 Å². The second kappa shape index (κ2) is 5.71. The van der Waals surface area contributed by atoms with Gasteiger partial charge in [0.25, 0.3) is 5.91 Å². The Morgan fingerprint density at radius 1 is 1.35 bits per heavy atom. The molecule has 2 aromatic rings. The van der Waals surface area contributed by atoms with Crippen molar-refractivity contribution >= 4 is 17.2 Å². The molecule has 1 N–H and O–H groups in total. The fraction of sp³-hybridized carbons (Fsp3) is 0.400. The molecule has 2 heterocycles. The molecule has 3 rings (SSSR count). The Labute approximate surface area is 122 Å². The first-order chi connectivity index (χ1) is 9.80. The highest BCUT2D eigenvalue weighted by atomic mass is 32.1. The summed E-state index contributed by atoms with van der Waals surface area (Å²) >= 11 is 1.79. The topological polar surface area (TPSA) is 54.9 Å². The Bertz CT molecular complexity index is 562. The molecule has 1 aliphatic carbocycles. The van der Waals surface area contributed by atoms with E-state index in [2.05, 4.69) is 32.8 Å². The molecule has 0 aliphatic heterocycles. The molecule has 0 spiro atoms. The number of nitrogens with zero attached hydrogens (tertiary/aromatic N) is 2. The molecule has 0 unspecified atom stereocenters. The molecular formula is C15H17N3OS. The lowest BCUT2D eigenvalue weighted by molar-refractivity contribution is 0.0938. The highest BCUT2D eigenvalue weighted by Gasteiger charge is 2.36. The van der Waals surface area contributed by atoms with Gasteiger partial charge in [-0.05, 0) is 24.3 Å². The third-order valence-electron chi connectivity index (χ3n) is 3.99. The van der Waals surface area contributed by atoms with Crippen LogP contribution in [-0.2, 0) is 5.41 Å². The van der Waals surface area contributed by atoms with Gasteiger partial charge >= 0.3 is 0 Å². The van der Waals surface area contributed by atoms with Crippen LogP contribution in [0.25, 0.3) is 0 Å². The number of nitrogens with one attached hydrogen (secondary N) is 1. The van der Waals surface area contributed by atoms with Gasteiger partial charge in [0.2, 0.25) is 0 Å². The van der Waals surface area contributed by atoms with Crippen molar-refractivity contribution in [2.45, 2.75) is 31.1 Å². The van der Waals surface area contributed by atoms with Crippen LogP contribution in [0.5, 0.6) is 0 Å². The third kappa shape index (κ3) is 2.58. The molecule has 4 nitrogen and oxygen atoms in total. The van der Waals surface area contributed by atoms with Gasteiger partial charge in [-0.3, -0.25) is 9.78 Å². The van der Waals surface area contributed by atoms with E-state index in [1.807, 2.05) is 0 Å². The Kier molecular flexibility index (Phi) is 3.78. The number of hydrogen-bond acceptors (Lipinski definition) is 4. The maximum absolute atomic E-state index is 12.1. The minimum absolute atomic E-state index is 0.117. The molecule has 0 bridgehead atoms. The third-order valence-corrected chi connectivity index (χ3v) is 5.10. The van der Waals surface area contributed by atoms with Gasteiger partial charge in [-0.25, -0.2) is 4.98 Å². The predicted molar refractivity (Wildman–Crippen MR) is 78.8 cm³/mol. The summed E-state index contributed by atoms with van der Waals surface area (Å²) in [6, 6.07) is 4.27. The monoisotopic (exact) mass is 287 g/mol. The second-order valence-electron chi connectivity index (χ2n) is 5.24. The van der Waals surface area contributed by atoms with Crippen molar-refractivity contribution in [1.82, 2.24) is 15.3 Å². The van der Waals surface area contributed by atoms with Crippen LogP contribution >= 0.6 is 11.3 Å². The first-order valence-electron chi connectivity index (χ1n) is 6.88. The minimum atomic E-state index is -0.138. The SMILES string of the molecule is O=C(NCC1(c2cccs2)CCCC1)c1cnccn1. The molecule has 1 fully saturated rings. The molecule has 20 heavy (non-hydrogen) atoms. The van der Waals surface area contributed by atoms with Gasteiger partial charge in [0.05, 0.1) is 6.20 Å². The maximum atomic E-state index is 12.1. The van der Waals surface area contributed by atoms with Crippen molar-refractivity contribution < 1.29 is 4.79 Å². The summed E-state index contributed by atoms with van der Waals surface area (Å²) in [7, 11) is 0. The zero-order valence-corrected chi connectivity index (χ0v) is 12.0. The zero-order valence-electron chi connectivity index (χ0n) is 11.2. The van der Waals surface area contributed by atoms with Crippen LogP contribution in [0.15, 0.2) is 36.1 Å². The lowest BCUT2D eigenvalue weighted by Gasteiger charge is -2.28. The van der Waals surface area contributed by atoms with Gasteiger partial charge in [0.1, 0.15) is 5.69 Å². The summed E-state index contributed by atoms with van der Waals surface area (Å²) in [5.74, 6) is -0.138. The van der Waals surface area contributed by atoms with Crippen molar-refractivity contribution in [3.63, 3.8) is 0 Å². The number of carbonyl (C=O) groups excluding carboxylic acids is 1. The number of amides is 1. The van der Waals surface area contributed by atoms with E-state index in [1.165, 1.54) is 23.9 Å². The number of aromatic nitrogens is 2. The molecule has 1 aliphatic rings. The summed E-state index contributed by atoms with van der Waals surface area (Å²) in [5, 5.41) is 5.15. The molecule has 0 saturated heterocycles. The summed E-state index contributed by atoms with van der Waals surface area (Å²) in [4.78, 5) is 21.5. The fourth-order valence-corrected chi connectivity index (χ4v) is 3.89. The van der Waals surface area contributed by atoms with E-state index in [4.69, 9.17) is 0 Å². The largest absolute Gasteiger partial charge is 0.350 e. The smallest absolute Gasteiger partial charge is 0.271 e. The molecular weight excluding hydrogens is 270 g/mol. The fourth-order valence-electron chi connectivity index (χ4n) is 2.90. The van der Waals surface area contributed by atoms with Crippen LogP contribution in [-0.4, -0.2) is 22.4 Å². The van der Waals surface area contributed by atoms with Gasteiger partial charge in [-0.2, -0.15) is 0 Å². The van der Waals surface area contributed by atoms with Crippen molar-refractivity contribution in [3.8, 4) is 0 Å². The van der Waals surface area contributed by atoms with Gasteiger partial charge in [0, 0.05) is 29.2 Å². The van der Waals surface area contributed by atoms with Crippen LogP contribution in [0.4, 0.5) is 0 Å². The highest BCUT2D eigenvalue weighted by Crippen LogP contribution is 2.42. The predicted octanol–water partition coefficient (Wildman–Crippen LogP) is 2.78. The average molecular weight is 287 g/mol. The lowest BCUT2D eigenvalue weighted by Crippen LogP contribution is -2.38. The zero-order chi connectivity index (χ0) is 13.8. The highest BCUT2D eigenvalue weighted by molar-refractivity contribution is 7.10. The summed E-state index contributed by atoms with van der Waals surface area (Å²) in [5.41, 5.74) is 0.498. The molecule has 0 aromatic carbocycles. The van der Waals surface area contributed by atoms with E-state index in [9.17, 15) is 4.79 Å². The first kappa shape index (κ1) is 13.2. The van der Waals surface area contributed by atoms with E-state index in [1.54, 1.807) is 23.7 Å². The maximum Gasteiger partial charge on any atom is 0.271 e. The van der Waals surface area contributed by atoms with Gasteiger partial charge < -0.3 is 5.32 Å². The van der Waals surface area contributed by atoms with Crippen molar-refractivity contribution in [2.75, 3.05) is 6.54 Å². The van der Waals surface area contributed by atoms with Gasteiger partial charge in [-0.15, -0.1) is 11.3 Å². The Balaban J connectivity index is 1.71. The summed E-state index contributed by atoms with van der Waals surface area (Å²) < 4.78 is 0. The van der Waals surface area contributed by atoms with Crippen molar-refractivity contribution in [3.05, 3.63) is 46.7 Å². The van der Waals surface area contributed by atoms with Crippen LogP contribution in [0.3, 0.4) is 0 Å². The molecule has 0 atom stereocenters. The lowest BCUT2D eigenvalue weighted by atomic mass is 9.84. The van der Waals surface area contributed by atoms with Crippen LogP contribution in [0, 0.1) is 0 Å². The minimum Gasteiger partial charge on any atom is -0.350 e. The first-order valence-corrected chi connectivity index (χ1v) is 7.76. The molecule has 5 heteroatoms. The molecule has 2 aromatic heterocycles. The van der Waals surface area contributed by atoms with E-state index in [-0.39, 0.29) is 11.3 Å². The summed E-state index contributed by atoms with van der Waals surface area (Å²) in [6.07, 6.45) is 9.38. The number of rotatable bonds is 4. The van der Waals surface area contributed by atoms with Crippen LogP contribution in [0.1, 0.15) is 41.0 Å². The molecule has 1 amide bonds. The number of carbonyl (C=O) groups is 1. The number of thiophene rings is 1. The van der Waals surface area contributed by atoms with Gasteiger partial charge in [-0.1, -0.05) is 18.9 Å².